The molecule has 1 aliphatic heterocycles. The predicted octanol–water partition coefficient (Wildman–Crippen LogP) is 0.597. The minimum atomic E-state index is -0.509. The molecule has 2 aliphatic rings. The Kier molecular flexibility index (Phi) is 6.26. The number of aliphatic hydroxyl groups is 2. The van der Waals surface area contributed by atoms with Crippen molar-refractivity contribution in [3.05, 3.63) is 0 Å². The van der Waals surface area contributed by atoms with Crippen molar-refractivity contribution in [1.82, 2.24) is 9.80 Å². The third-order valence-electron chi connectivity index (χ3n) is 4.53. The van der Waals surface area contributed by atoms with Gasteiger partial charge in [-0.3, -0.25) is 9.69 Å². The molecule has 1 amide bonds. The van der Waals surface area contributed by atoms with Crippen LogP contribution in [0.3, 0.4) is 0 Å². The third-order valence-corrected chi connectivity index (χ3v) is 4.53. The minimum Gasteiger partial charge on any atom is -0.395 e. The van der Waals surface area contributed by atoms with Crippen LogP contribution in [-0.2, 0) is 4.79 Å². The number of hydrogen-bond acceptors (Lipinski definition) is 4. The Morgan fingerprint density at radius 3 is 2.60 bits per heavy atom. The molecule has 2 N–H and O–H groups in total. The summed E-state index contributed by atoms with van der Waals surface area (Å²) < 4.78 is 0. The van der Waals surface area contributed by atoms with E-state index in [1.165, 1.54) is 19.3 Å². The maximum Gasteiger partial charge on any atom is 0.222 e. The molecule has 0 spiro atoms. The molecule has 20 heavy (non-hydrogen) atoms. The largest absolute Gasteiger partial charge is 0.395 e. The van der Waals surface area contributed by atoms with Gasteiger partial charge in [-0.05, 0) is 19.3 Å². The van der Waals surface area contributed by atoms with Crippen LogP contribution in [0.4, 0.5) is 0 Å². The van der Waals surface area contributed by atoms with Gasteiger partial charge in [0.15, 0.2) is 0 Å². The van der Waals surface area contributed by atoms with Gasteiger partial charge in [0.05, 0.1) is 12.7 Å². The number of likely N-dealkylation sites (tertiary alicyclic amines) is 1. The van der Waals surface area contributed by atoms with E-state index in [-0.39, 0.29) is 12.5 Å². The second kappa shape index (κ2) is 7.96. The quantitative estimate of drug-likeness (QED) is 0.718. The second-order valence-corrected chi connectivity index (χ2v) is 6.11. The maximum atomic E-state index is 11.6. The monoisotopic (exact) mass is 284 g/mol. The lowest BCUT2D eigenvalue weighted by molar-refractivity contribution is -0.129. The molecule has 2 fully saturated rings. The SMILES string of the molecule is O=C1CCCN1CC(O)CN(CCO)C1CCCCC1. The molecule has 1 atom stereocenters. The first kappa shape index (κ1) is 15.7. The summed E-state index contributed by atoms with van der Waals surface area (Å²) in [5.74, 6) is 0.162. The number of β-amino-alcohol motifs (C(OH)–C–C–N with tert-alkyl or cyclic N) is 1. The maximum absolute atomic E-state index is 11.6. The van der Waals surface area contributed by atoms with Crippen LogP contribution in [0.2, 0.25) is 0 Å². The molecule has 5 heteroatoms. The fourth-order valence-corrected chi connectivity index (χ4v) is 3.48. The molecule has 0 bridgehead atoms. The fourth-order valence-electron chi connectivity index (χ4n) is 3.48. The van der Waals surface area contributed by atoms with E-state index < -0.39 is 6.10 Å². The summed E-state index contributed by atoms with van der Waals surface area (Å²) in [5, 5.41) is 19.5. The van der Waals surface area contributed by atoms with Crippen molar-refractivity contribution in [2.75, 3.05) is 32.8 Å². The average Bonchev–Trinajstić information content (AvgIpc) is 2.85. The molecule has 1 heterocycles. The molecule has 116 valence electrons. The number of hydrogen-bond donors (Lipinski definition) is 2. The van der Waals surface area contributed by atoms with Crippen LogP contribution < -0.4 is 0 Å². The van der Waals surface area contributed by atoms with E-state index >= 15 is 0 Å². The molecular weight excluding hydrogens is 256 g/mol. The van der Waals surface area contributed by atoms with E-state index in [9.17, 15) is 15.0 Å². The summed E-state index contributed by atoms with van der Waals surface area (Å²) in [7, 11) is 0. The van der Waals surface area contributed by atoms with Gasteiger partial charge >= 0.3 is 0 Å². The van der Waals surface area contributed by atoms with Crippen molar-refractivity contribution in [2.24, 2.45) is 0 Å². The molecule has 1 aliphatic carbocycles. The molecule has 0 radical (unpaired) electrons. The highest BCUT2D eigenvalue weighted by atomic mass is 16.3. The average molecular weight is 284 g/mol. The van der Waals surface area contributed by atoms with Gasteiger partial charge in [0, 0.05) is 38.6 Å². The van der Waals surface area contributed by atoms with Gasteiger partial charge < -0.3 is 15.1 Å². The lowest BCUT2D eigenvalue weighted by Crippen LogP contribution is -2.46. The Labute approximate surface area is 121 Å². The number of carbonyl (C=O) groups is 1. The Bertz CT molecular complexity index is 305. The van der Waals surface area contributed by atoms with Crippen LogP contribution in [0.15, 0.2) is 0 Å². The van der Waals surface area contributed by atoms with Gasteiger partial charge in [-0.15, -0.1) is 0 Å². The lowest BCUT2D eigenvalue weighted by Gasteiger charge is -2.35. The smallest absolute Gasteiger partial charge is 0.222 e. The summed E-state index contributed by atoms with van der Waals surface area (Å²) in [6.07, 6.45) is 7.13. The Morgan fingerprint density at radius 1 is 1.25 bits per heavy atom. The van der Waals surface area contributed by atoms with Crippen LogP contribution in [-0.4, -0.2) is 70.9 Å². The first-order valence-corrected chi connectivity index (χ1v) is 8.01. The first-order chi connectivity index (χ1) is 9.70. The van der Waals surface area contributed by atoms with Crippen LogP contribution in [0.1, 0.15) is 44.9 Å². The lowest BCUT2D eigenvalue weighted by atomic mass is 9.94. The number of rotatable bonds is 7. The zero-order chi connectivity index (χ0) is 14.4. The number of aliphatic hydroxyl groups excluding tert-OH is 2. The van der Waals surface area contributed by atoms with Crippen molar-refractivity contribution in [2.45, 2.75) is 57.1 Å². The van der Waals surface area contributed by atoms with Crippen molar-refractivity contribution < 1.29 is 15.0 Å². The van der Waals surface area contributed by atoms with E-state index in [0.717, 1.165) is 25.8 Å². The van der Waals surface area contributed by atoms with Crippen molar-refractivity contribution in [1.29, 1.82) is 0 Å². The Hall–Kier alpha value is -0.650. The molecule has 0 aromatic rings. The zero-order valence-corrected chi connectivity index (χ0v) is 12.3. The van der Waals surface area contributed by atoms with Crippen molar-refractivity contribution in [3.8, 4) is 0 Å². The summed E-state index contributed by atoms with van der Waals surface area (Å²) in [6.45, 7) is 2.53. The molecule has 2 rings (SSSR count). The minimum absolute atomic E-state index is 0.131. The highest BCUT2D eigenvalue weighted by molar-refractivity contribution is 5.78. The third kappa shape index (κ3) is 4.43. The van der Waals surface area contributed by atoms with Crippen LogP contribution in [0.25, 0.3) is 0 Å². The number of carbonyl (C=O) groups excluding carboxylic acids is 1. The highest BCUT2D eigenvalue weighted by Crippen LogP contribution is 2.22. The Balaban J connectivity index is 1.81. The fraction of sp³-hybridized carbons (Fsp3) is 0.933. The second-order valence-electron chi connectivity index (χ2n) is 6.11. The topological polar surface area (TPSA) is 64.0 Å². The summed E-state index contributed by atoms with van der Waals surface area (Å²) in [4.78, 5) is 15.6. The molecule has 1 unspecified atom stereocenters. The molecule has 1 saturated carbocycles. The van der Waals surface area contributed by atoms with E-state index in [0.29, 0.717) is 32.1 Å². The van der Waals surface area contributed by atoms with Crippen molar-refractivity contribution >= 4 is 5.91 Å². The molecular formula is C15H28N2O3. The van der Waals surface area contributed by atoms with Crippen LogP contribution in [0, 0.1) is 0 Å². The zero-order valence-electron chi connectivity index (χ0n) is 12.3. The highest BCUT2D eigenvalue weighted by Gasteiger charge is 2.26. The van der Waals surface area contributed by atoms with Gasteiger partial charge in [-0.2, -0.15) is 0 Å². The molecule has 1 saturated heterocycles. The van der Waals surface area contributed by atoms with E-state index in [4.69, 9.17) is 0 Å². The number of nitrogens with zero attached hydrogens (tertiary/aromatic N) is 2. The first-order valence-electron chi connectivity index (χ1n) is 8.01. The van der Waals surface area contributed by atoms with Gasteiger partial charge in [0.2, 0.25) is 5.91 Å². The van der Waals surface area contributed by atoms with Gasteiger partial charge in [0.25, 0.3) is 0 Å². The van der Waals surface area contributed by atoms with E-state index in [2.05, 4.69) is 4.90 Å². The van der Waals surface area contributed by atoms with E-state index in [1.807, 2.05) is 0 Å². The summed E-state index contributed by atoms with van der Waals surface area (Å²) >= 11 is 0. The normalized spacial score (nSPS) is 22.8. The van der Waals surface area contributed by atoms with Gasteiger partial charge in [0.1, 0.15) is 0 Å². The van der Waals surface area contributed by atoms with Crippen LogP contribution >= 0.6 is 0 Å². The summed E-state index contributed by atoms with van der Waals surface area (Å²) in [5.41, 5.74) is 0. The number of amides is 1. The van der Waals surface area contributed by atoms with Gasteiger partial charge in [-0.25, -0.2) is 0 Å². The summed E-state index contributed by atoms with van der Waals surface area (Å²) in [6, 6.07) is 0.486. The molecule has 5 nitrogen and oxygen atoms in total. The Morgan fingerprint density at radius 2 is 2.00 bits per heavy atom. The van der Waals surface area contributed by atoms with Crippen molar-refractivity contribution in [3.63, 3.8) is 0 Å². The van der Waals surface area contributed by atoms with Gasteiger partial charge in [-0.1, -0.05) is 19.3 Å². The predicted molar refractivity (Wildman–Crippen MR) is 77.4 cm³/mol. The molecule has 0 aromatic heterocycles. The molecule has 0 aromatic carbocycles. The van der Waals surface area contributed by atoms with E-state index in [1.54, 1.807) is 4.90 Å². The standard InChI is InChI=1S/C15H28N2O3/c18-10-9-16(13-5-2-1-3-6-13)11-14(19)12-17-8-4-7-15(17)20/h13-14,18-19H,1-12H2. The van der Waals surface area contributed by atoms with Crippen LogP contribution in [0.5, 0.6) is 0 Å².